The maximum atomic E-state index is 14.1. The van der Waals surface area contributed by atoms with E-state index in [0.29, 0.717) is 67.3 Å². The van der Waals surface area contributed by atoms with Crippen LogP contribution in [0.3, 0.4) is 0 Å². The Hall–Kier alpha value is -8.59. The molecule has 0 amide bonds. The van der Waals surface area contributed by atoms with Gasteiger partial charge in [0.2, 0.25) is 0 Å². The van der Waals surface area contributed by atoms with Gasteiger partial charge in [-0.15, -0.1) is 0 Å². The van der Waals surface area contributed by atoms with Crippen molar-refractivity contribution >= 4 is 21.8 Å². The second kappa shape index (κ2) is 16.0. The summed E-state index contributed by atoms with van der Waals surface area (Å²) in [6.45, 7) is 1.67. The molecule has 64 heavy (non-hydrogen) atoms. The lowest BCUT2D eigenvalue weighted by Crippen LogP contribution is -2.05. The zero-order valence-corrected chi connectivity index (χ0v) is 34.3. The van der Waals surface area contributed by atoms with Gasteiger partial charge < -0.3 is 4.57 Å². The second-order valence-corrected chi connectivity index (χ2v) is 15.6. The Morgan fingerprint density at radius 3 is 1.62 bits per heavy atom. The number of nitrogens with zero attached hydrogens (tertiary/aromatic N) is 5. The third-order valence-corrected chi connectivity index (χ3v) is 11.5. The largest absolute Gasteiger partial charge is 0.416 e. The molecule has 0 saturated heterocycles. The molecule has 304 valence electrons. The highest BCUT2D eigenvalue weighted by Crippen LogP contribution is 2.46. The first-order valence-corrected chi connectivity index (χ1v) is 20.6. The molecule has 0 spiro atoms. The molecule has 10 aromatic rings. The zero-order chi connectivity index (χ0) is 44.0. The average molecular weight is 834 g/mol. The molecule has 8 heteroatoms. The number of aryl methyl sites for hydroxylation is 1. The van der Waals surface area contributed by atoms with Crippen molar-refractivity contribution in [1.29, 1.82) is 10.5 Å². The van der Waals surface area contributed by atoms with Crippen molar-refractivity contribution < 1.29 is 13.2 Å². The third kappa shape index (κ3) is 7.13. The lowest BCUT2D eigenvalue weighted by atomic mass is 9.88. The molecule has 8 aromatic carbocycles. The van der Waals surface area contributed by atoms with E-state index in [1.165, 1.54) is 6.07 Å². The molecule has 0 atom stereocenters. The van der Waals surface area contributed by atoms with E-state index in [4.69, 9.17) is 9.97 Å². The number of nitriles is 2. The number of alkyl halides is 3. The maximum Gasteiger partial charge on any atom is 0.416 e. The lowest BCUT2D eigenvalue weighted by molar-refractivity contribution is -0.137. The minimum atomic E-state index is -4.50. The van der Waals surface area contributed by atoms with Gasteiger partial charge in [-0.05, 0) is 84.3 Å². The first-order chi connectivity index (χ1) is 31.2. The zero-order valence-electron chi connectivity index (χ0n) is 34.3. The smallest absolute Gasteiger partial charge is 0.308 e. The molecule has 0 N–H and O–H groups in total. The van der Waals surface area contributed by atoms with Gasteiger partial charge in [-0.2, -0.15) is 23.7 Å². The Morgan fingerprint density at radius 1 is 0.453 bits per heavy atom. The number of benzene rings is 8. The number of aromatic nitrogens is 3. The normalized spacial score (nSPS) is 11.4. The highest BCUT2D eigenvalue weighted by Gasteiger charge is 2.31. The Kier molecular flexibility index (Phi) is 9.90. The maximum absolute atomic E-state index is 14.1. The molecular formula is C56H34F3N5. The number of hydrogen-bond donors (Lipinski definition) is 0. The molecule has 0 radical (unpaired) electrons. The van der Waals surface area contributed by atoms with Crippen LogP contribution in [-0.4, -0.2) is 14.5 Å². The standard InChI is InChI=1S/C56H34F3N5/c1-35-26-41(28-43(27-35)56(57,58)59)38-24-25-53-47(29-38)46-22-12-13-23-52(46)64(53)54-48(44-20-10-8-18-39(44)33-60)30-42(31-49(54)45-21-11-9-19-40(45)34-61)51-32-50(36-14-4-2-5-15-36)62-55(63-51)37-16-6-3-7-17-37/h2-32H,1H3. The van der Waals surface area contributed by atoms with Crippen molar-refractivity contribution in [2.45, 2.75) is 13.1 Å². The van der Waals surface area contributed by atoms with Crippen molar-refractivity contribution in [2.75, 3.05) is 0 Å². The van der Waals surface area contributed by atoms with E-state index in [9.17, 15) is 23.7 Å². The predicted molar refractivity (Wildman–Crippen MR) is 248 cm³/mol. The molecule has 0 unspecified atom stereocenters. The fourth-order valence-corrected chi connectivity index (χ4v) is 8.64. The van der Waals surface area contributed by atoms with E-state index in [0.717, 1.165) is 50.3 Å². The fraction of sp³-hybridized carbons (Fsp3) is 0.0357. The van der Waals surface area contributed by atoms with Crippen molar-refractivity contribution in [3.05, 3.63) is 210 Å². The van der Waals surface area contributed by atoms with Crippen LogP contribution >= 0.6 is 0 Å². The molecule has 2 heterocycles. The van der Waals surface area contributed by atoms with Gasteiger partial charge in [0, 0.05) is 49.7 Å². The summed E-state index contributed by atoms with van der Waals surface area (Å²) >= 11 is 0. The summed E-state index contributed by atoms with van der Waals surface area (Å²) in [4.78, 5) is 10.2. The SMILES string of the molecule is Cc1cc(-c2ccc3c(c2)c2ccccc2n3-c2c(-c3ccccc3C#N)cc(-c3cc(-c4ccccc4)nc(-c4ccccc4)n3)cc2-c2ccccc2C#N)cc(C(F)(F)F)c1. The fourth-order valence-electron chi connectivity index (χ4n) is 8.64. The van der Waals surface area contributed by atoms with Crippen LogP contribution in [0.5, 0.6) is 0 Å². The van der Waals surface area contributed by atoms with Crippen LogP contribution in [0.4, 0.5) is 13.2 Å². The van der Waals surface area contributed by atoms with Gasteiger partial charge in [0.05, 0.1) is 56.9 Å². The predicted octanol–water partition coefficient (Wildman–Crippen LogP) is 14.6. The highest BCUT2D eigenvalue weighted by atomic mass is 19.4. The number of halogens is 3. The van der Waals surface area contributed by atoms with Gasteiger partial charge in [0.1, 0.15) is 0 Å². The van der Waals surface area contributed by atoms with Crippen molar-refractivity contribution in [3.63, 3.8) is 0 Å². The van der Waals surface area contributed by atoms with E-state index >= 15 is 0 Å². The monoisotopic (exact) mass is 833 g/mol. The van der Waals surface area contributed by atoms with Crippen LogP contribution in [0, 0.1) is 29.6 Å². The highest BCUT2D eigenvalue weighted by molar-refractivity contribution is 6.12. The summed E-state index contributed by atoms with van der Waals surface area (Å²) in [6, 6.07) is 63.3. The summed E-state index contributed by atoms with van der Waals surface area (Å²) in [5.41, 5.74) is 10.7. The van der Waals surface area contributed by atoms with E-state index in [1.807, 2.05) is 146 Å². The summed E-state index contributed by atoms with van der Waals surface area (Å²) < 4.78 is 44.3. The molecule has 2 aromatic heterocycles. The van der Waals surface area contributed by atoms with Gasteiger partial charge in [-0.3, -0.25) is 0 Å². The second-order valence-electron chi connectivity index (χ2n) is 15.6. The molecule has 0 bridgehead atoms. The summed E-state index contributed by atoms with van der Waals surface area (Å²) in [5, 5.41) is 23.0. The molecule has 10 rings (SSSR count). The van der Waals surface area contributed by atoms with Gasteiger partial charge in [-0.25, -0.2) is 9.97 Å². The molecule has 5 nitrogen and oxygen atoms in total. The quantitative estimate of drug-likeness (QED) is 0.160. The Bertz CT molecular complexity index is 3390. The van der Waals surface area contributed by atoms with Crippen molar-refractivity contribution in [2.24, 2.45) is 0 Å². The number of rotatable bonds is 7. The summed E-state index contributed by atoms with van der Waals surface area (Å²) in [7, 11) is 0. The summed E-state index contributed by atoms with van der Waals surface area (Å²) in [5.74, 6) is 0.535. The van der Waals surface area contributed by atoms with Crippen LogP contribution in [0.1, 0.15) is 22.3 Å². The Labute approximate surface area is 367 Å². The van der Waals surface area contributed by atoms with Gasteiger partial charge in [-0.1, -0.05) is 127 Å². The third-order valence-electron chi connectivity index (χ3n) is 11.5. The Morgan fingerprint density at radius 2 is 1.00 bits per heavy atom. The van der Waals surface area contributed by atoms with Gasteiger partial charge in [0.15, 0.2) is 5.82 Å². The van der Waals surface area contributed by atoms with Gasteiger partial charge >= 0.3 is 6.18 Å². The first-order valence-electron chi connectivity index (χ1n) is 20.6. The topological polar surface area (TPSA) is 78.3 Å². The van der Waals surface area contributed by atoms with Crippen LogP contribution in [0.2, 0.25) is 0 Å². The van der Waals surface area contributed by atoms with E-state index in [1.54, 1.807) is 25.1 Å². The minimum Gasteiger partial charge on any atom is -0.308 e. The molecule has 0 fully saturated rings. The van der Waals surface area contributed by atoms with E-state index < -0.39 is 11.7 Å². The first kappa shape index (κ1) is 39.5. The van der Waals surface area contributed by atoms with Crippen molar-refractivity contribution in [1.82, 2.24) is 14.5 Å². The lowest BCUT2D eigenvalue weighted by Gasteiger charge is -2.22. The van der Waals surface area contributed by atoms with Crippen LogP contribution in [-0.2, 0) is 6.18 Å². The van der Waals surface area contributed by atoms with Crippen LogP contribution < -0.4 is 0 Å². The number of hydrogen-bond acceptors (Lipinski definition) is 4. The molecule has 0 aliphatic rings. The Balaban J connectivity index is 1.33. The molecule has 0 aliphatic heterocycles. The van der Waals surface area contributed by atoms with E-state index in [-0.39, 0.29) is 0 Å². The average Bonchev–Trinajstić information content (AvgIpc) is 3.66. The van der Waals surface area contributed by atoms with Crippen LogP contribution in [0.25, 0.3) is 94.8 Å². The molecular weight excluding hydrogens is 800 g/mol. The number of fused-ring (bicyclic) bond motifs is 3. The van der Waals surface area contributed by atoms with E-state index in [2.05, 4.69) is 28.8 Å². The number of para-hydroxylation sites is 1. The minimum absolute atomic E-state index is 0.445. The van der Waals surface area contributed by atoms with Crippen LogP contribution in [0.15, 0.2) is 188 Å². The van der Waals surface area contributed by atoms with Gasteiger partial charge in [0.25, 0.3) is 0 Å². The molecule has 0 saturated carbocycles. The molecule has 0 aliphatic carbocycles. The van der Waals surface area contributed by atoms with Crippen molar-refractivity contribution in [3.8, 4) is 85.1 Å². The summed E-state index contributed by atoms with van der Waals surface area (Å²) in [6.07, 6.45) is -4.50.